The maximum atomic E-state index is 14.3. The minimum absolute atomic E-state index is 0.0109. The van der Waals surface area contributed by atoms with Crippen molar-refractivity contribution in [3.63, 3.8) is 0 Å². The first-order chi connectivity index (χ1) is 26.9. The van der Waals surface area contributed by atoms with E-state index >= 15 is 0 Å². The molecule has 1 aliphatic carbocycles. The van der Waals surface area contributed by atoms with E-state index in [2.05, 4.69) is 36.7 Å². The van der Waals surface area contributed by atoms with Gasteiger partial charge in [-0.25, -0.2) is 4.79 Å². The fraction of sp³-hybridized carbons (Fsp3) is 0.244. The molecule has 3 amide bonds. The number of esters is 1. The predicted molar refractivity (Wildman–Crippen MR) is 224 cm³/mol. The molecule has 0 saturated carbocycles. The van der Waals surface area contributed by atoms with Crippen molar-refractivity contribution >= 4 is 63.6 Å². The van der Waals surface area contributed by atoms with Crippen LogP contribution in [0.3, 0.4) is 0 Å². The summed E-state index contributed by atoms with van der Waals surface area (Å²) in [6, 6.07) is 32.4. The van der Waals surface area contributed by atoms with Gasteiger partial charge in [-0.1, -0.05) is 93.6 Å². The zero-order chi connectivity index (χ0) is 39.8. The number of thioether (sulfide) groups is 1. The van der Waals surface area contributed by atoms with Gasteiger partial charge in [0, 0.05) is 26.6 Å². The summed E-state index contributed by atoms with van der Waals surface area (Å²) < 4.78 is 10.7. The van der Waals surface area contributed by atoms with Crippen LogP contribution in [0.5, 0.6) is 5.75 Å². The maximum absolute atomic E-state index is 14.3. The van der Waals surface area contributed by atoms with E-state index in [1.54, 1.807) is 60.7 Å². The van der Waals surface area contributed by atoms with Gasteiger partial charge in [0.1, 0.15) is 21.7 Å². The van der Waals surface area contributed by atoms with Gasteiger partial charge in [-0.3, -0.25) is 14.4 Å². The minimum Gasteiger partial charge on any atom is -0.496 e. The van der Waals surface area contributed by atoms with Crippen molar-refractivity contribution in [1.82, 2.24) is 5.32 Å². The number of methoxy groups -OCH3 is 2. The van der Waals surface area contributed by atoms with Crippen molar-refractivity contribution in [3.8, 4) is 5.75 Å². The van der Waals surface area contributed by atoms with Crippen LogP contribution >= 0.6 is 23.1 Å². The molecule has 6 rings (SSSR count). The molecule has 56 heavy (non-hydrogen) atoms. The molecule has 11 heteroatoms. The molecule has 2 unspecified atom stereocenters. The molecule has 0 fully saturated rings. The first-order valence-electron chi connectivity index (χ1n) is 18.3. The highest BCUT2D eigenvalue weighted by Gasteiger charge is 2.35. The van der Waals surface area contributed by atoms with E-state index in [9.17, 15) is 19.2 Å². The largest absolute Gasteiger partial charge is 0.496 e. The molecule has 2 atom stereocenters. The van der Waals surface area contributed by atoms with Gasteiger partial charge in [-0.05, 0) is 84.2 Å². The molecule has 5 aromatic rings. The third kappa shape index (κ3) is 9.58. The summed E-state index contributed by atoms with van der Waals surface area (Å²) >= 11 is 2.77. The topological polar surface area (TPSA) is 123 Å². The standard InChI is InChI=1S/C45H45N3O6S2/c1-45(2,3)31-23-24-34-37(26-31)56-43(38(34)44(52)54-5)48-42(51)39(28-15-8-6-9-16-28)55-33-21-14-20-32(27-33)46-41(50)35(25-30-19-12-13-22-36(30)53-4)47-40(49)29-17-10-7-11-18-29/h6-22,25,27,31,39H,23-24,26H2,1-5H3,(H,46,50)(H,47,49)(H,48,51)/b35-25+. The lowest BCUT2D eigenvalue weighted by Gasteiger charge is -2.33. The first-order valence-corrected chi connectivity index (χ1v) is 20.0. The number of carbonyl (C=O) groups excluding carboxylic acids is 4. The van der Waals surface area contributed by atoms with E-state index in [1.165, 1.54) is 37.3 Å². The smallest absolute Gasteiger partial charge is 0.341 e. The number of anilines is 2. The summed E-state index contributed by atoms with van der Waals surface area (Å²) in [5.74, 6) is -0.762. The Bertz CT molecular complexity index is 2240. The van der Waals surface area contributed by atoms with Gasteiger partial charge in [-0.15, -0.1) is 23.1 Å². The summed E-state index contributed by atoms with van der Waals surface area (Å²) in [6.45, 7) is 6.72. The van der Waals surface area contributed by atoms with Crippen LogP contribution in [0.15, 0.2) is 120 Å². The van der Waals surface area contributed by atoms with Crippen LogP contribution in [0, 0.1) is 11.3 Å². The summed E-state index contributed by atoms with van der Waals surface area (Å²) in [4.78, 5) is 56.4. The summed E-state index contributed by atoms with van der Waals surface area (Å²) in [7, 11) is 2.90. The van der Waals surface area contributed by atoms with Gasteiger partial charge in [-0.2, -0.15) is 0 Å². The lowest BCUT2D eigenvalue weighted by molar-refractivity contribution is -0.116. The Balaban J connectivity index is 1.26. The molecule has 1 aromatic heterocycles. The number of hydrogen-bond acceptors (Lipinski definition) is 8. The molecule has 1 heterocycles. The van der Waals surface area contributed by atoms with Crippen LogP contribution in [0.4, 0.5) is 10.7 Å². The molecule has 0 spiro atoms. The number of benzene rings is 4. The Labute approximate surface area is 335 Å². The highest BCUT2D eigenvalue weighted by molar-refractivity contribution is 8.00. The van der Waals surface area contributed by atoms with Gasteiger partial charge in [0.05, 0.1) is 19.8 Å². The zero-order valence-electron chi connectivity index (χ0n) is 32.0. The molecule has 0 saturated heterocycles. The fourth-order valence-electron chi connectivity index (χ4n) is 6.67. The molecule has 4 aromatic carbocycles. The molecule has 1 aliphatic rings. The van der Waals surface area contributed by atoms with Crippen LogP contribution in [-0.2, 0) is 27.2 Å². The number of ether oxygens (including phenoxy) is 2. The SMILES string of the molecule is COC(=O)c1c(NC(=O)C(Sc2cccc(NC(=O)/C(=C\c3ccccc3OC)NC(=O)c3ccccc3)c2)c2ccccc2)sc2c1CCC(C(C)(C)C)C2. The van der Waals surface area contributed by atoms with E-state index in [4.69, 9.17) is 9.47 Å². The number of fused-ring (bicyclic) bond motifs is 1. The number of hydrogen-bond donors (Lipinski definition) is 3. The van der Waals surface area contributed by atoms with Gasteiger partial charge < -0.3 is 25.4 Å². The number of rotatable bonds is 12. The maximum Gasteiger partial charge on any atom is 0.341 e. The Morgan fingerprint density at radius 2 is 1.55 bits per heavy atom. The van der Waals surface area contributed by atoms with E-state index in [1.807, 2.05) is 54.6 Å². The van der Waals surface area contributed by atoms with E-state index in [-0.39, 0.29) is 17.0 Å². The fourth-order valence-corrected chi connectivity index (χ4v) is 9.08. The number of thiophene rings is 1. The van der Waals surface area contributed by atoms with Gasteiger partial charge in [0.2, 0.25) is 5.91 Å². The Kier molecular flexibility index (Phi) is 12.8. The van der Waals surface area contributed by atoms with E-state index in [0.29, 0.717) is 43.9 Å². The average molecular weight is 788 g/mol. The molecule has 0 bridgehead atoms. The van der Waals surface area contributed by atoms with Crippen molar-refractivity contribution < 1.29 is 28.7 Å². The van der Waals surface area contributed by atoms with Crippen LogP contribution in [-0.4, -0.2) is 37.9 Å². The molecular formula is C45H45N3O6S2. The summed E-state index contributed by atoms with van der Waals surface area (Å²) in [5.41, 5.74) is 3.74. The number of amides is 3. The molecule has 288 valence electrons. The average Bonchev–Trinajstić information content (AvgIpc) is 3.57. The van der Waals surface area contributed by atoms with Crippen molar-refractivity contribution in [1.29, 1.82) is 0 Å². The van der Waals surface area contributed by atoms with Crippen LogP contribution in [0.25, 0.3) is 6.08 Å². The molecule has 0 radical (unpaired) electrons. The first kappa shape index (κ1) is 40.0. The van der Waals surface area contributed by atoms with Crippen LogP contribution < -0.4 is 20.7 Å². The van der Waals surface area contributed by atoms with Gasteiger partial charge in [0.15, 0.2) is 0 Å². The second kappa shape index (κ2) is 17.9. The van der Waals surface area contributed by atoms with E-state index < -0.39 is 23.0 Å². The molecule has 0 aliphatic heterocycles. The van der Waals surface area contributed by atoms with E-state index in [0.717, 1.165) is 35.3 Å². The van der Waals surface area contributed by atoms with Gasteiger partial charge in [0.25, 0.3) is 11.8 Å². The summed E-state index contributed by atoms with van der Waals surface area (Å²) in [5, 5.41) is 8.59. The predicted octanol–water partition coefficient (Wildman–Crippen LogP) is 9.58. The minimum atomic E-state index is -0.708. The zero-order valence-corrected chi connectivity index (χ0v) is 33.6. The lowest BCUT2D eigenvalue weighted by atomic mass is 9.72. The number of para-hydroxylation sites is 1. The van der Waals surface area contributed by atoms with Crippen LogP contribution in [0.1, 0.15) is 74.7 Å². The van der Waals surface area contributed by atoms with Crippen molar-refractivity contribution in [2.45, 2.75) is 50.2 Å². The highest BCUT2D eigenvalue weighted by atomic mass is 32.2. The normalized spacial score (nSPS) is 14.5. The van der Waals surface area contributed by atoms with Crippen LogP contribution in [0.2, 0.25) is 0 Å². The second-order valence-electron chi connectivity index (χ2n) is 14.5. The molecular weight excluding hydrogens is 743 g/mol. The molecule has 9 nitrogen and oxygen atoms in total. The van der Waals surface area contributed by atoms with Gasteiger partial charge >= 0.3 is 5.97 Å². The summed E-state index contributed by atoms with van der Waals surface area (Å²) in [6.07, 6.45) is 4.11. The van der Waals surface area contributed by atoms with Crippen molar-refractivity contribution in [2.24, 2.45) is 11.3 Å². The quantitative estimate of drug-likeness (QED) is 0.0654. The Morgan fingerprint density at radius 3 is 2.25 bits per heavy atom. The van der Waals surface area contributed by atoms with Crippen molar-refractivity contribution in [2.75, 3.05) is 24.9 Å². The second-order valence-corrected chi connectivity index (χ2v) is 16.8. The Hall–Kier alpha value is -5.65. The molecule has 3 N–H and O–H groups in total. The third-order valence-corrected chi connectivity index (χ3v) is 12.2. The third-order valence-electron chi connectivity index (χ3n) is 9.77. The number of carbonyl (C=O) groups is 4. The lowest BCUT2D eigenvalue weighted by Crippen LogP contribution is -2.30. The highest BCUT2D eigenvalue weighted by Crippen LogP contribution is 2.45. The monoisotopic (exact) mass is 787 g/mol. The van der Waals surface area contributed by atoms with Crippen molar-refractivity contribution in [3.05, 3.63) is 148 Å². The Morgan fingerprint density at radius 1 is 0.857 bits per heavy atom. The number of nitrogens with one attached hydrogen (secondary N) is 3.